The third kappa shape index (κ3) is 2.35. The van der Waals surface area contributed by atoms with Crippen LogP contribution < -0.4 is 0 Å². The second kappa shape index (κ2) is 4.27. The first-order valence-corrected chi connectivity index (χ1v) is 4.51. The molecule has 1 saturated heterocycles. The zero-order valence-corrected chi connectivity index (χ0v) is 7.71. The van der Waals surface area contributed by atoms with Crippen molar-refractivity contribution in [3.8, 4) is 6.07 Å². The van der Waals surface area contributed by atoms with E-state index in [0.29, 0.717) is 12.5 Å². The van der Waals surface area contributed by atoms with Crippen molar-refractivity contribution in [1.29, 1.82) is 5.26 Å². The molecule has 2 heteroatoms. The summed E-state index contributed by atoms with van der Waals surface area (Å²) < 4.78 is 0. The van der Waals surface area contributed by atoms with Crippen LogP contribution in [0.2, 0.25) is 0 Å². The van der Waals surface area contributed by atoms with Gasteiger partial charge in [0.2, 0.25) is 0 Å². The molecule has 0 spiro atoms. The molecule has 0 N–H and O–H groups in total. The summed E-state index contributed by atoms with van der Waals surface area (Å²) >= 11 is 0. The van der Waals surface area contributed by atoms with Gasteiger partial charge < -0.3 is 0 Å². The Bertz CT molecular complexity index is 202. The Labute approximate surface area is 74.5 Å². The average Bonchev–Trinajstić information content (AvgIpc) is 2.05. The highest BCUT2D eigenvalue weighted by molar-refractivity contribution is 5.01. The van der Waals surface area contributed by atoms with Gasteiger partial charge in [0.25, 0.3) is 0 Å². The molecule has 0 aromatic rings. The lowest BCUT2D eigenvalue weighted by molar-refractivity contribution is 0.206. The van der Waals surface area contributed by atoms with E-state index in [-0.39, 0.29) is 0 Å². The van der Waals surface area contributed by atoms with Crippen molar-refractivity contribution in [3.05, 3.63) is 12.2 Å². The summed E-state index contributed by atoms with van der Waals surface area (Å²) in [6.45, 7) is 8.21. The quantitative estimate of drug-likeness (QED) is 0.583. The Morgan fingerprint density at radius 2 is 2.50 bits per heavy atom. The number of rotatable bonds is 2. The van der Waals surface area contributed by atoms with Crippen molar-refractivity contribution in [2.24, 2.45) is 0 Å². The molecule has 1 fully saturated rings. The molecule has 0 amide bonds. The molecule has 0 aromatic carbocycles. The van der Waals surface area contributed by atoms with Crippen LogP contribution in [0.15, 0.2) is 12.2 Å². The largest absolute Gasteiger partial charge is 0.296 e. The fourth-order valence-corrected chi connectivity index (χ4v) is 1.61. The first-order valence-electron chi connectivity index (χ1n) is 4.51. The zero-order chi connectivity index (χ0) is 8.97. The second-order valence-corrected chi connectivity index (χ2v) is 3.54. The van der Waals surface area contributed by atoms with Crippen molar-refractivity contribution in [1.82, 2.24) is 4.90 Å². The van der Waals surface area contributed by atoms with E-state index in [0.717, 1.165) is 19.5 Å². The van der Waals surface area contributed by atoms with Crippen LogP contribution in [0.3, 0.4) is 0 Å². The van der Waals surface area contributed by atoms with E-state index >= 15 is 0 Å². The predicted molar refractivity (Wildman–Crippen MR) is 49.6 cm³/mol. The van der Waals surface area contributed by atoms with Gasteiger partial charge in [-0.05, 0) is 26.3 Å². The fourth-order valence-electron chi connectivity index (χ4n) is 1.61. The Kier molecular flexibility index (Phi) is 3.31. The summed E-state index contributed by atoms with van der Waals surface area (Å²) in [5.74, 6) is 0. The molecule has 12 heavy (non-hydrogen) atoms. The van der Waals surface area contributed by atoms with Crippen molar-refractivity contribution >= 4 is 0 Å². The van der Waals surface area contributed by atoms with Crippen molar-refractivity contribution in [2.75, 3.05) is 13.1 Å². The molecule has 0 saturated carbocycles. The monoisotopic (exact) mass is 164 g/mol. The average molecular weight is 164 g/mol. The van der Waals surface area contributed by atoms with Crippen LogP contribution in [0.4, 0.5) is 0 Å². The van der Waals surface area contributed by atoms with Crippen LogP contribution in [0, 0.1) is 11.3 Å². The lowest BCUT2D eigenvalue weighted by atomic mass is 10.0. The van der Waals surface area contributed by atoms with Crippen LogP contribution >= 0.6 is 0 Å². The van der Waals surface area contributed by atoms with E-state index in [9.17, 15) is 0 Å². The third-order valence-electron chi connectivity index (χ3n) is 2.41. The second-order valence-electron chi connectivity index (χ2n) is 3.54. The van der Waals surface area contributed by atoms with Crippen LogP contribution in [-0.4, -0.2) is 24.0 Å². The number of hydrogen-bond donors (Lipinski definition) is 0. The maximum absolute atomic E-state index is 8.53. The molecule has 1 rings (SSSR count). The van der Waals surface area contributed by atoms with Gasteiger partial charge in [0.05, 0.1) is 12.5 Å². The standard InChI is InChI=1S/C10H16N2/c1-9-4-3-7-12(8-9)10(2)5-6-11/h10H,1,3-5,7-8H2,2H3. The fraction of sp³-hybridized carbons (Fsp3) is 0.700. The van der Waals surface area contributed by atoms with Gasteiger partial charge in [-0.15, -0.1) is 0 Å². The highest BCUT2D eigenvalue weighted by Gasteiger charge is 2.17. The normalized spacial score (nSPS) is 21.8. The van der Waals surface area contributed by atoms with E-state index in [1.807, 2.05) is 0 Å². The predicted octanol–water partition coefficient (Wildman–Crippen LogP) is 1.94. The van der Waals surface area contributed by atoms with E-state index in [2.05, 4.69) is 24.5 Å². The summed E-state index contributed by atoms with van der Waals surface area (Å²) in [5, 5.41) is 8.53. The van der Waals surface area contributed by atoms with Crippen LogP contribution in [-0.2, 0) is 0 Å². The number of nitriles is 1. The number of hydrogen-bond acceptors (Lipinski definition) is 2. The SMILES string of the molecule is C=C1CCCN(C(C)CC#N)C1. The first kappa shape index (κ1) is 9.28. The number of likely N-dealkylation sites (tertiary alicyclic amines) is 1. The lowest BCUT2D eigenvalue weighted by Crippen LogP contribution is -2.37. The van der Waals surface area contributed by atoms with Crippen LogP contribution in [0.5, 0.6) is 0 Å². The maximum atomic E-state index is 8.53. The zero-order valence-electron chi connectivity index (χ0n) is 7.71. The van der Waals surface area contributed by atoms with E-state index in [1.54, 1.807) is 0 Å². The van der Waals surface area contributed by atoms with Gasteiger partial charge in [0.1, 0.15) is 0 Å². The first-order chi connectivity index (χ1) is 5.74. The molecule has 2 nitrogen and oxygen atoms in total. The topological polar surface area (TPSA) is 27.0 Å². The minimum absolute atomic E-state index is 0.395. The number of piperidine rings is 1. The maximum Gasteiger partial charge on any atom is 0.0638 e. The summed E-state index contributed by atoms with van der Waals surface area (Å²) in [6.07, 6.45) is 3.00. The van der Waals surface area contributed by atoms with Crippen LogP contribution in [0.1, 0.15) is 26.2 Å². The molecule has 1 aliphatic heterocycles. The van der Waals surface area contributed by atoms with Gasteiger partial charge in [0, 0.05) is 12.6 Å². The highest BCUT2D eigenvalue weighted by atomic mass is 15.2. The molecular weight excluding hydrogens is 148 g/mol. The molecule has 1 aliphatic rings. The summed E-state index contributed by atoms with van der Waals surface area (Å²) in [4.78, 5) is 2.34. The Morgan fingerprint density at radius 1 is 1.75 bits per heavy atom. The van der Waals surface area contributed by atoms with Gasteiger partial charge in [0.15, 0.2) is 0 Å². The number of nitrogens with zero attached hydrogens (tertiary/aromatic N) is 2. The highest BCUT2D eigenvalue weighted by Crippen LogP contribution is 2.16. The summed E-state index contributed by atoms with van der Waals surface area (Å²) in [7, 11) is 0. The Balaban J connectivity index is 2.41. The van der Waals surface area contributed by atoms with Gasteiger partial charge in [-0.1, -0.05) is 12.2 Å². The van der Waals surface area contributed by atoms with Crippen molar-refractivity contribution in [2.45, 2.75) is 32.2 Å². The van der Waals surface area contributed by atoms with E-state index < -0.39 is 0 Å². The van der Waals surface area contributed by atoms with Gasteiger partial charge in [-0.2, -0.15) is 5.26 Å². The molecule has 0 radical (unpaired) electrons. The van der Waals surface area contributed by atoms with E-state index in [4.69, 9.17) is 5.26 Å². The Hall–Kier alpha value is -0.810. The molecule has 0 bridgehead atoms. The Morgan fingerprint density at radius 3 is 3.08 bits per heavy atom. The van der Waals surface area contributed by atoms with Gasteiger partial charge in [-0.3, -0.25) is 4.90 Å². The third-order valence-corrected chi connectivity index (χ3v) is 2.41. The van der Waals surface area contributed by atoms with Crippen molar-refractivity contribution in [3.63, 3.8) is 0 Å². The molecule has 1 atom stereocenters. The summed E-state index contributed by atoms with van der Waals surface area (Å²) in [5.41, 5.74) is 1.31. The van der Waals surface area contributed by atoms with Gasteiger partial charge >= 0.3 is 0 Å². The minimum Gasteiger partial charge on any atom is -0.296 e. The molecule has 1 heterocycles. The molecule has 0 aromatic heterocycles. The summed E-state index contributed by atoms with van der Waals surface area (Å²) in [6, 6.07) is 2.60. The van der Waals surface area contributed by atoms with Crippen molar-refractivity contribution < 1.29 is 0 Å². The lowest BCUT2D eigenvalue weighted by Gasteiger charge is -2.32. The molecule has 0 aliphatic carbocycles. The van der Waals surface area contributed by atoms with E-state index in [1.165, 1.54) is 12.0 Å². The smallest absolute Gasteiger partial charge is 0.0638 e. The molecular formula is C10H16N2. The van der Waals surface area contributed by atoms with Crippen LogP contribution in [0.25, 0.3) is 0 Å². The molecule has 66 valence electrons. The minimum atomic E-state index is 0.395. The van der Waals surface area contributed by atoms with Gasteiger partial charge in [-0.25, -0.2) is 0 Å². The molecule has 1 unspecified atom stereocenters.